The monoisotopic (exact) mass is 1810 g/mol. The number of alkyl halides is 3. The zero-order valence-corrected chi connectivity index (χ0v) is 72.1. The fraction of sp³-hybridized carbons (Fsp3) is 0.315. The van der Waals surface area contributed by atoms with Crippen LogP contribution in [0.15, 0.2) is 226 Å². The number of aromatic hydroxyl groups is 1. The summed E-state index contributed by atoms with van der Waals surface area (Å²) < 4.78 is 67.7. The van der Waals surface area contributed by atoms with Gasteiger partial charge in [-0.2, -0.15) is 43.5 Å². The minimum Gasteiger partial charge on any atom is -0.508 e. The number of piperazine rings is 1. The fourth-order valence-electron chi connectivity index (χ4n) is 15.0. The maximum atomic E-state index is 13.1. The molecular weight excluding hydrogens is 1720 g/mol. The lowest BCUT2D eigenvalue weighted by Gasteiger charge is -2.36. The molecule has 18 rings (SSSR count). The number of aromatic nitrogens is 11. The third-order valence-corrected chi connectivity index (χ3v) is 22.8. The van der Waals surface area contributed by atoms with Crippen molar-refractivity contribution in [3.8, 4) is 5.75 Å². The Bertz CT molecular complexity index is 5910. The van der Waals surface area contributed by atoms with Crippen molar-refractivity contribution in [2.75, 3.05) is 99.8 Å². The molecule has 0 spiro atoms. The normalized spacial score (nSPS) is 18.2. The number of hydrogen-bond acceptors (Lipinski definition) is 29. The van der Waals surface area contributed by atoms with Crippen molar-refractivity contribution in [3.05, 3.63) is 331 Å². The van der Waals surface area contributed by atoms with Crippen LogP contribution in [0, 0.1) is 39.9 Å². The molecule has 0 aliphatic carbocycles. The topological polar surface area (TPSA) is 418 Å². The number of nitrogens with zero attached hydrogens (tertiary/aromatic N) is 18. The number of halogens is 5. The van der Waals surface area contributed by atoms with Gasteiger partial charge in [-0.15, -0.1) is 11.3 Å². The van der Waals surface area contributed by atoms with Crippen LogP contribution < -0.4 is 36.7 Å². The van der Waals surface area contributed by atoms with E-state index in [9.17, 15) is 78.0 Å². The van der Waals surface area contributed by atoms with Crippen LogP contribution in [0.1, 0.15) is 78.0 Å². The number of phenolic OH excluding ortho intramolecular Hbond substituents is 1. The van der Waals surface area contributed by atoms with Gasteiger partial charge >= 0.3 is 17.6 Å². The molecule has 676 valence electrons. The largest absolute Gasteiger partial charge is 0.508 e. The Balaban J connectivity index is 0.000000135. The van der Waals surface area contributed by atoms with Gasteiger partial charge in [0.15, 0.2) is 16.6 Å². The summed E-state index contributed by atoms with van der Waals surface area (Å²) in [6.07, 6.45) is 11.6. The number of para-hydroxylation sites is 2. The minimum absolute atomic E-state index is 0.0513. The quantitative estimate of drug-likeness (QED) is 0.0239. The molecule has 34 nitrogen and oxygen atoms in total. The number of nitro benzene ring substituents is 2. The number of aryl methyl sites for hydroxylation is 4. The molecule has 8 N–H and O–H groups in total. The van der Waals surface area contributed by atoms with Crippen LogP contribution in [0.2, 0.25) is 5.02 Å². The van der Waals surface area contributed by atoms with Crippen molar-refractivity contribution in [1.82, 2.24) is 74.5 Å². The van der Waals surface area contributed by atoms with Gasteiger partial charge in [-0.25, -0.2) is 28.3 Å². The van der Waals surface area contributed by atoms with Crippen molar-refractivity contribution < 1.29 is 66.9 Å². The molecule has 6 aliphatic heterocycles. The van der Waals surface area contributed by atoms with Gasteiger partial charge in [0.1, 0.15) is 34.6 Å². The highest BCUT2D eigenvalue weighted by Crippen LogP contribution is 2.36. The summed E-state index contributed by atoms with van der Waals surface area (Å²) in [6.45, 7) is 13.2. The first-order valence-electron chi connectivity index (χ1n) is 41.0. The van der Waals surface area contributed by atoms with Gasteiger partial charge in [0, 0.05) is 199 Å². The second kappa shape index (κ2) is 43.2. The van der Waals surface area contributed by atoms with Crippen molar-refractivity contribution in [2.24, 2.45) is 14.1 Å². The smallest absolute Gasteiger partial charge is 0.443 e. The summed E-state index contributed by atoms with van der Waals surface area (Å²) in [7, 11) is 3.71. The molecule has 13 heterocycles. The van der Waals surface area contributed by atoms with Crippen molar-refractivity contribution in [3.63, 3.8) is 0 Å². The van der Waals surface area contributed by atoms with Crippen molar-refractivity contribution in [1.29, 1.82) is 0 Å². The summed E-state index contributed by atoms with van der Waals surface area (Å²) in [4.78, 5) is 67.6. The first-order valence-corrected chi connectivity index (χ1v) is 42.2. The van der Waals surface area contributed by atoms with E-state index in [-0.39, 0.29) is 62.3 Å². The van der Waals surface area contributed by atoms with Crippen molar-refractivity contribution in [2.45, 2.75) is 83.3 Å². The zero-order valence-electron chi connectivity index (χ0n) is 70.5. The van der Waals surface area contributed by atoms with E-state index < -0.39 is 47.4 Å². The second-order valence-electron chi connectivity index (χ2n) is 30.9. The Morgan fingerprint density at radius 2 is 1.05 bits per heavy atom. The third-order valence-electron chi connectivity index (χ3n) is 21.5. The molecule has 0 amide bonds. The van der Waals surface area contributed by atoms with Gasteiger partial charge < -0.3 is 64.8 Å². The third kappa shape index (κ3) is 25.3. The van der Waals surface area contributed by atoms with Gasteiger partial charge in [0.25, 0.3) is 11.4 Å². The molecule has 0 saturated carbocycles. The predicted molar refractivity (Wildman–Crippen MR) is 476 cm³/mol. The summed E-state index contributed by atoms with van der Waals surface area (Å²) in [5.74, 6) is 3.77. The SMILES string of the molecule is Cc1ccc(C2=CCN(Cc3ccccc3[N+](=O)[O-])C[C@@H]2O)o1.Cc1ccc(C2=CCNC[C@@H]2O)o1.Cn1cc(C2=CCN(Cc3ccccc3[N+](=O)[O-])C[C@@H]2O)cn1.Cn1cc(C2=CCNC[C@@H]2O)cn1.O=c1nc(N2CCN(c3ccc(F)cc3)CC2)cnn1Cc1ccc(Cl)cc1.O=c1nc(N2Cc3ccc(O)cc3C(O)C2)cnn1Cc1cnc(C(F)(F)F)s1. The van der Waals surface area contributed by atoms with Gasteiger partial charge in [0.2, 0.25) is 0 Å². The van der Waals surface area contributed by atoms with Crippen LogP contribution >= 0.6 is 22.9 Å². The summed E-state index contributed by atoms with van der Waals surface area (Å²) in [6, 6.07) is 39.4. The Labute approximate surface area is 745 Å². The van der Waals surface area contributed by atoms with Gasteiger partial charge in [-0.3, -0.25) is 39.4 Å². The van der Waals surface area contributed by atoms with E-state index in [1.54, 1.807) is 99.6 Å². The van der Waals surface area contributed by atoms with Gasteiger partial charge in [0.05, 0.1) is 78.2 Å². The average molecular weight is 1810 g/mol. The number of phenols is 1. The molecule has 40 heteroatoms. The number of thiazole rings is 1. The van der Waals surface area contributed by atoms with Crippen LogP contribution in [0.25, 0.3) is 22.3 Å². The van der Waals surface area contributed by atoms with E-state index in [1.165, 1.54) is 47.3 Å². The number of hydrogen-bond donors (Lipinski definition) is 8. The molecule has 12 aromatic rings. The van der Waals surface area contributed by atoms with E-state index in [0.29, 0.717) is 123 Å². The van der Waals surface area contributed by atoms with Gasteiger partial charge in [-0.1, -0.05) is 90.5 Å². The highest BCUT2D eigenvalue weighted by Gasteiger charge is 2.35. The number of aliphatic hydroxyl groups excluding tert-OH is 5. The maximum absolute atomic E-state index is 13.1. The first kappa shape index (κ1) is 93.6. The average Bonchev–Trinajstić information content (AvgIpc) is 1.61. The second-order valence-corrected chi connectivity index (χ2v) is 32.5. The highest BCUT2D eigenvalue weighted by molar-refractivity contribution is 7.11. The molecule has 5 aromatic carbocycles. The lowest BCUT2D eigenvalue weighted by atomic mass is 9.97. The fourth-order valence-corrected chi connectivity index (χ4v) is 15.9. The number of fused-ring (bicyclic) bond motifs is 1. The molecule has 129 heavy (non-hydrogen) atoms. The van der Waals surface area contributed by atoms with E-state index in [2.05, 4.69) is 50.9 Å². The minimum atomic E-state index is -4.54. The molecule has 7 aromatic heterocycles. The van der Waals surface area contributed by atoms with Crippen LogP contribution in [0.5, 0.6) is 5.75 Å². The maximum Gasteiger partial charge on any atom is 0.443 e. The summed E-state index contributed by atoms with van der Waals surface area (Å²) >= 11 is 6.33. The number of β-amino-alcohol motifs (C(OH)–C–C–N with tert-alkyl or cyclic N) is 5. The zero-order chi connectivity index (χ0) is 91.6. The molecule has 6 aliphatic rings. The molecule has 0 radical (unpaired) electrons. The van der Waals surface area contributed by atoms with Crippen molar-refractivity contribution >= 4 is 73.9 Å². The molecular formula is C89H95ClF4N20O14S. The van der Waals surface area contributed by atoms with E-state index in [4.69, 9.17) is 20.4 Å². The number of aliphatic hydroxyl groups is 5. The van der Waals surface area contributed by atoms with E-state index in [0.717, 1.165) is 105 Å². The van der Waals surface area contributed by atoms with Crippen LogP contribution in [0.3, 0.4) is 0 Å². The Hall–Kier alpha value is -13.1. The van der Waals surface area contributed by atoms with E-state index >= 15 is 0 Å². The molecule has 1 fully saturated rings. The van der Waals surface area contributed by atoms with Crippen LogP contribution in [0.4, 0.5) is 46.3 Å². The molecule has 1 saturated heterocycles. The number of benzene rings is 5. The lowest BCUT2D eigenvalue weighted by molar-refractivity contribution is -0.385. The summed E-state index contributed by atoms with van der Waals surface area (Å²) in [5, 5.41) is 104. The predicted octanol–water partition coefficient (Wildman–Crippen LogP) is 9.77. The first-order chi connectivity index (χ1) is 61.9. The number of nitro groups is 2. The highest BCUT2D eigenvalue weighted by atomic mass is 35.5. The molecule has 0 bridgehead atoms. The Morgan fingerprint density at radius 3 is 1.53 bits per heavy atom. The number of anilines is 3. The number of rotatable bonds is 17. The summed E-state index contributed by atoms with van der Waals surface area (Å²) in [5.41, 5.74) is 9.15. The standard InChI is InChI=1S/C20H19ClFN5O.C17H14F3N5O3S.C17H18N2O4.C16H18N4O3.C10H13NO2.C9H13N3O/c21-16-3-1-15(2-4-16)14-27-20(28)24-19(13-23-27)26-11-9-25(10-12-26)18-7-5-17(22)6-8-18;18-17(19,20)15-21-4-11(29-15)7-25-16(28)23-14(5-22-25)24-6-9-1-2-10(26)3-12(9)13(27)8-24;1-12-6-7-17(23-12)14-8-9-18(11-16(14)20)10-13-4-2-3-5-15(13)19(21)22;1-18-9-13(8-17-18)14-6-7-19(11-16(14)21)10-12-4-2-3-5-15(12)20(22)23;1-7-2-3-10(13-7)8-4-5-11-6-9(8)12;1-12-6-7(4-11-12)8-2-3-10-5-9(8)13/h1-8,13H,9-12,14H2;1-5,13,26-27H,6-8H2;2-8,16,20H,9-11H2,1H3;2-6,8-9,16,21H,7,10-11H2,1H3;2-4,9,11-12H,5-6H2,1H3;2,4,6,9-10,13H,3,5H2,1H3/t;;2*16-;2*9-/m..0000/s1. The number of nitrogens with one attached hydrogen (secondary N) is 2. The van der Waals surface area contributed by atoms with Crippen LogP contribution in [-0.2, 0) is 53.0 Å². The molecule has 1 unspecified atom stereocenters. The van der Waals surface area contributed by atoms with Gasteiger partial charge in [-0.05, 0) is 114 Å². The molecule has 5 atom stereocenters. The Morgan fingerprint density at radius 1 is 0.550 bits per heavy atom. The Kier molecular flexibility index (Phi) is 31.3. The van der Waals surface area contributed by atoms with E-state index in [1.807, 2.05) is 116 Å². The lowest BCUT2D eigenvalue weighted by Crippen LogP contribution is -2.47. The van der Waals surface area contributed by atoms with Crippen LogP contribution in [-0.4, -0.2) is 214 Å². The number of furan rings is 2.